The number of benzene rings is 1. The molecule has 0 saturated carbocycles. The van der Waals surface area contributed by atoms with Crippen LogP contribution >= 0.6 is 15.9 Å². The van der Waals surface area contributed by atoms with E-state index in [0.29, 0.717) is 32.2 Å². The van der Waals surface area contributed by atoms with Gasteiger partial charge < -0.3 is 14.5 Å². The van der Waals surface area contributed by atoms with Crippen molar-refractivity contribution in [1.82, 2.24) is 14.9 Å². The van der Waals surface area contributed by atoms with Gasteiger partial charge in [0.05, 0.1) is 5.41 Å². The zero-order chi connectivity index (χ0) is 22.0. The second-order valence-electron chi connectivity index (χ2n) is 8.86. The Hall–Kier alpha value is -1.99. The van der Waals surface area contributed by atoms with Crippen molar-refractivity contribution >= 4 is 27.7 Å². The highest BCUT2D eigenvalue weighted by atomic mass is 79.9. The number of amides is 1. The molecule has 2 aromatic rings. The summed E-state index contributed by atoms with van der Waals surface area (Å²) in [5.74, 6) is 2.38. The Morgan fingerprint density at radius 1 is 1.06 bits per heavy atom. The molecule has 0 unspecified atom stereocenters. The average molecular weight is 487 g/mol. The second-order valence-corrected chi connectivity index (χ2v) is 9.78. The first-order valence-electron chi connectivity index (χ1n) is 11.1. The van der Waals surface area contributed by atoms with E-state index in [4.69, 9.17) is 9.72 Å². The van der Waals surface area contributed by atoms with E-state index in [1.807, 2.05) is 30.0 Å². The van der Waals surface area contributed by atoms with Gasteiger partial charge in [-0.2, -0.15) is 0 Å². The number of rotatable bonds is 4. The van der Waals surface area contributed by atoms with E-state index in [2.05, 4.69) is 51.8 Å². The number of aryl methyl sites for hydroxylation is 1. The summed E-state index contributed by atoms with van der Waals surface area (Å²) in [4.78, 5) is 27.5. The zero-order valence-electron chi connectivity index (χ0n) is 18.6. The van der Waals surface area contributed by atoms with E-state index >= 15 is 0 Å². The number of carbonyl (C=O) groups excluding carboxylic acids is 1. The van der Waals surface area contributed by atoms with Crippen LogP contribution in [0.2, 0.25) is 0 Å². The number of anilines is 1. The summed E-state index contributed by atoms with van der Waals surface area (Å²) in [6, 6.07) is 10.3. The fraction of sp³-hybridized carbons (Fsp3) is 0.542. The van der Waals surface area contributed by atoms with Gasteiger partial charge in [-0.15, -0.1) is 0 Å². The molecule has 31 heavy (non-hydrogen) atoms. The SMILES string of the molecule is Cc1cc(N2CCN(C(=O)C3(c4ccc(Br)cc4)CCOCC3)CC2)nc(C(C)C)n1. The van der Waals surface area contributed by atoms with E-state index in [9.17, 15) is 4.79 Å². The molecule has 0 aliphatic carbocycles. The maximum absolute atomic E-state index is 13.8. The largest absolute Gasteiger partial charge is 0.381 e. The van der Waals surface area contributed by atoms with Crippen LogP contribution < -0.4 is 4.90 Å². The van der Waals surface area contributed by atoms with Crippen LogP contribution in [0.4, 0.5) is 5.82 Å². The number of piperazine rings is 1. The topological polar surface area (TPSA) is 58.6 Å². The summed E-state index contributed by atoms with van der Waals surface area (Å²) < 4.78 is 6.65. The van der Waals surface area contributed by atoms with Crippen molar-refractivity contribution < 1.29 is 9.53 Å². The molecular formula is C24H31BrN4O2. The maximum Gasteiger partial charge on any atom is 0.233 e. The Morgan fingerprint density at radius 2 is 1.71 bits per heavy atom. The molecule has 2 aliphatic rings. The van der Waals surface area contributed by atoms with Gasteiger partial charge in [-0.25, -0.2) is 9.97 Å². The van der Waals surface area contributed by atoms with Gasteiger partial charge in [-0.05, 0) is 37.5 Å². The normalized spacial score (nSPS) is 19.0. The summed E-state index contributed by atoms with van der Waals surface area (Å²) in [6.07, 6.45) is 1.47. The quantitative estimate of drug-likeness (QED) is 0.651. The highest BCUT2D eigenvalue weighted by Crippen LogP contribution is 2.37. The third-order valence-electron chi connectivity index (χ3n) is 6.42. The van der Waals surface area contributed by atoms with Gasteiger partial charge in [0.1, 0.15) is 11.6 Å². The van der Waals surface area contributed by atoms with Gasteiger partial charge in [0.2, 0.25) is 5.91 Å². The minimum Gasteiger partial charge on any atom is -0.381 e. The van der Waals surface area contributed by atoms with E-state index in [0.717, 1.165) is 53.3 Å². The molecule has 1 amide bonds. The first kappa shape index (κ1) is 22.2. The average Bonchev–Trinajstić information content (AvgIpc) is 2.79. The summed E-state index contributed by atoms with van der Waals surface area (Å²) in [7, 11) is 0. The number of ether oxygens (including phenoxy) is 1. The molecule has 166 valence electrons. The molecule has 0 atom stereocenters. The van der Waals surface area contributed by atoms with Crippen LogP contribution in [0, 0.1) is 6.92 Å². The molecule has 2 saturated heterocycles. The molecule has 2 aliphatic heterocycles. The van der Waals surface area contributed by atoms with Gasteiger partial charge in [0.15, 0.2) is 0 Å². The van der Waals surface area contributed by atoms with Crippen molar-refractivity contribution in [1.29, 1.82) is 0 Å². The lowest BCUT2D eigenvalue weighted by Gasteiger charge is -2.43. The van der Waals surface area contributed by atoms with Crippen LogP contribution in [0.3, 0.4) is 0 Å². The Kier molecular flexibility index (Phi) is 6.63. The first-order valence-corrected chi connectivity index (χ1v) is 11.9. The second kappa shape index (κ2) is 9.25. The van der Waals surface area contributed by atoms with Crippen LogP contribution in [0.25, 0.3) is 0 Å². The summed E-state index contributed by atoms with van der Waals surface area (Å²) in [5.41, 5.74) is 1.60. The monoisotopic (exact) mass is 486 g/mol. The molecule has 0 spiro atoms. The highest BCUT2D eigenvalue weighted by molar-refractivity contribution is 9.10. The zero-order valence-corrected chi connectivity index (χ0v) is 20.2. The van der Waals surface area contributed by atoms with Crippen LogP contribution in [0.15, 0.2) is 34.8 Å². The molecule has 7 heteroatoms. The minimum absolute atomic E-state index is 0.236. The van der Waals surface area contributed by atoms with Crippen molar-refractivity contribution in [3.05, 3.63) is 51.9 Å². The van der Waals surface area contributed by atoms with Gasteiger partial charge in [0.25, 0.3) is 0 Å². The fourth-order valence-electron chi connectivity index (χ4n) is 4.55. The molecule has 1 aromatic carbocycles. The number of hydrogen-bond donors (Lipinski definition) is 0. The minimum atomic E-state index is -0.489. The van der Waals surface area contributed by atoms with Crippen molar-refractivity contribution in [3.63, 3.8) is 0 Å². The molecule has 3 heterocycles. The number of carbonyl (C=O) groups is 1. The Bertz CT molecular complexity index is 918. The van der Waals surface area contributed by atoms with Crippen molar-refractivity contribution in [2.45, 2.75) is 44.9 Å². The van der Waals surface area contributed by atoms with Crippen LogP contribution in [-0.4, -0.2) is 60.2 Å². The highest BCUT2D eigenvalue weighted by Gasteiger charge is 2.44. The van der Waals surface area contributed by atoms with Crippen LogP contribution in [0.5, 0.6) is 0 Å². The summed E-state index contributed by atoms with van der Waals surface area (Å²) >= 11 is 3.51. The fourth-order valence-corrected chi connectivity index (χ4v) is 4.82. The van der Waals surface area contributed by atoms with Gasteiger partial charge in [-0.3, -0.25) is 4.79 Å². The first-order chi connectivity index (χ1) is 14.9. The van der Waals surface area contributed by atoms with E-state index in [1.165, 1.54) is 0 Å². The summed E-state index contributed by atoms with van der Waals surface area (Å²) in [5, 5.41) is 0. The van der Waals surface area contributed by atoms with Crippen molar-refractivity contribution in [2.24, 2.45) is 0 Å². The molecule has 0 bridgehead atoms. The van der Waals surface area contributed by atoms with Gasteiger partial charge in [-0.1, -0.05) is 41.9 Å². The van der Waals surface area contributed by atoms with E-state index in [-0.39, 0.29) is 5.91 Å². The Balaban J connectivity index is 1.51. The molecule has 0 N–H and O–H groups in total. The number of hydrogen-bond acceptors (Lipinski definition) is 5. The van der Waals surface area contributed by atoms with E-state index in [1.54, 1.807) is 0 Å². The molecular weight excluding hydrogens is 456 g/mol. The third-order valence-corrected chi connectivity index (χ3v) is 6.95. The maximum atomic E-state index is 13.8. The molecule has 0 radical (unpaired) electrons. The Labute approximate surface area is 193 Å². The van der Waals surface area contributed by atoms with E-state index < -0.39 is 5.41 Å². The standard InChI is InChI=1S/C24H31BrN4O2/c1-17(2)22-26-18(3)16-21(27-22)28-10-12-29(13-11-28)23(30)24(8-14-31-15-9-24)19-4-6-20(25)7-5-19/h4-7,16-17H,8-15H2,1-3H3. The lowest BCUT2D eigenvalue weighted by molar-refractivity contribution is -0.141. The van der Waals surface area contributed by atoms with Gasteiger partial charge in [0, 0.05) is 61.5 Å². The predicted molar refractivity (Wildman–Crippen MR) is 126 cm³/mol. The lowest BCUT2D eigenvalue weighted by atomic mass is 9.73. The van der Waals surface area contributed by atoms with Crippen molar-refractivity contribution in [3.8, 4) is 0 Å². The lowest BCUT2D eigenvalue weighted by Crippen LogP contribution is -2.56. The molecule has 6 nitrogen and oxygen atoms in total. The van der Waals surface area contributed by atoms with Crippen LogP contribution in [0.1, 0.15) is 49.7 Å². The van der Waals surface area contributed by atoms with Crippen molar-refractivity contribution in [2.75, 3.05) is 44.3 Å². The summed E-state index contributed by atoms with van der Waals surface area (Å²) in [6.45, 7) is 10.5. The molecule has 1 aromatic heterocycles. The third kappa shape index (κ3) is 4.62. The smallest absolute Gasteiger partial charge is 0.233 e. The number of aromatic nitrogens is 2. The number of halogens is 1. The Morgan fingerprint density at radius 3 is 2.32 bits per heavy atom. The predicted octanol–water partition coefficient (Wildman–Crippen LogP) is 4.07. The molecule has 2 fully saturated rings. The van der Waals surface area contributed by atoms with Crippen LogP contribution in [-0.2, 0) is 14.9 Å². The van der Waals surface area contributed by atoms with Gasteiger partial charge >= 0.3 is 0 Å². The number of nitrogens with zero attached hydrogens (tertiary/aromatic N) is 4. The molecule has 4 rings (SSSR count).